The second kappa shape index (κ2) is 7.18. The van der Waals surface area contributed by atoms with Gasteiger partial charge in [0.05, 0.1) is 0 Å². The molecule has 0 saturated heterocycles. The van der Waals surface area contributed by atoms with Crippen LogP contribution in [-0.2, 0) is 0 Å². The Bertz CT molecular complexity index is 542. The van der Waals surface area contributed by atoms with Gasteiger partial charge >= 0.3 is 6.61 Å². The fourth-order valence-electron chi connectivity index (χ4n) is 2.25. The highest BCUT2D eigenvalue weighted by Crippen LogP contribution is 2.22. The second-order valence-corrected chi connectivity index (χ2v) is 4.97. The fraction of sp³-hybridized carbons (Fsp3) is 0.294. The van der Waals surface area contributed by atoms with Crippen LogP contribution < -0.4 is 10.1 Å². The molecular formula is C17H19F2NO. The molecule has 0 fully saturated rings. The van der Waals surface area contributed by atoms with Crippen molar-refractivity contribution in [3.63, 3.8) is 0 Å². The third kappa shape index (κ3) is 4.53. The van der Waals surface area contributed by atoms with Crippen molar-refractivity contribution in [1.82, 2.24) is 5.32 Å². The average Bonchev–Trinajstić information content (AvgIpc) is 2.48. The third-order valence-electron chi connectivity index (χ3n) is 3.40. The minimum Gasteiger partial charge on any atom is -0.435 e. The Kier molecular flexibility index (Phi) is 5.28. The highest BCUT2D eigenvalue weighted by molar-refractivity contribution is 5.29. The van der Waals surface area contributed by atoms with E-state index in [4.69, 9.17) is 0 Å². The highest BCUT2D eigenvalue weighted by atomic mass is 19.3. The van der Waals surface area contributed by atoms with Gasteiger partial charge in [-0.1, -0.05) is 42.5 Å². The maximum absolute atomic E-state index is 12.1. The first kappa shape index (κ1) is 15.4. The quantitative estimate of drug-likeness (QED) is 0.833. The molecule has 0 aliphatic heterocycles. The van der Waals surface area contributed by atoms with Gasteiger partial charge in [0.25, 0.3) is 0 Å². The van der Waals surface area contributed by atoms with E-state index in [2.05, 4.69) is 29.1 Å². The van der Waals surface area contributed by atoms with Crippen molar-refractivity contribution in [2.45, 2.75) is 32.5 Å². The lowest BCUT2D eigenvalue weighted by molar-refractivity contribution is -0.0498. The predicted molar refractivity (Wildman–Crippen MR) is 79.5 cm³/mol. The molecular weight excluding hydrogens is 272 g/mol. The minimum absolute atomic E-state index is 0.112. The van der Waals surface area contributed by atoms with E-state index in [0.717, 1.165) is 5.56 Å². The molecule has 2 atom stereocenters. The molecule has 0 saturated carbocycles. The smallest absolute Gasteiger partial charge is 0.387 e. The monoisotopic (exact) mass is 291 g/mol. The van der Waals surface area contributed by atoms with Crippen LogP contribution in [0.15, 0.2) is 54.6 Å². The lowest BCUT2D eigenvalue weighted by Gasteiger charge is -2.21. The van der Waals surface area contributed by atoms with Gasteiger partial charge in [-0.2, -0.15) is 8.78 Å². The van der Waals surface area contributed by atoms with Gasteiger partial charge in [-0.15, -0.1) is 0 Å². The molecule has 0 heterocycles. The summed E-state index contributed by atoms with van der Waals surface area (Å²) < 4.78 is 28.6. The summed E-state index contributed by atoms with van der Waals surface area (Å²) in [6, 6.07) is 17.2. The van der Waals surface area contributed by atoms with Crippen LogP contribution in [0, 0.1) is 0 Å². The summed E-state index contributed by atoms with van der Waals surface area (Å²) in [5, 5.41) is 3.48. The van der Waals surface area contributed by atoms with Gasteiger partial charge < -0.3 is 10.1 Å². The van der Waals surface area contributed by atoms with Gasteiger partial charge in [-0.3, -0.25) is 0 Å². The van der Waals surface area contributed by atoms with Crippen LogP contribution in [0.3, 0.4) is 0 Å². The molecule has 2 aromatic rings. The maximum Gasteiger partial charge on any atom is 0.387 e. The van der Waals surface area contributed by atoms with E-state index in [1.807, 2.05) is 25.1 Å². The van der Waals surface area contributed by atoms with Crippen LogP contribution >= 0.6 is 0 Å². The molecule has 0 radical (unpaired) electrons. The Morgan fingerprint density at radius 2 is 1.33 bits per heavy atom. The van der Waals surface area contributed by atoms with Gasteiger partial charge in [0, 0.05) is 12.1 Å². The van der Waals surface area contributed by atoms with Crippen LogP contribution in [0.2, 0.25) is 0 Å². The normalized spacial score (nSPS) is 14.0. The Hall–Kier alpha value is -1.94. The summed E-state index contributed by atoms with van der Waals surface area (Å²) in [5.74, 6) is 0.178. The Labute approximate surface area is 123 Å². The van der Waals surface area contributed by atoms with Crippen molar-refractivity contribution in [2.75, 3.05) is 0 Å². The molecule has 0 amide bonds. The average molecular weight is 291 g/mol. The molecule has 0 aromatic heterocycles. The molecule has 2 rings (SSSR count). The molecule has 1 N–H and O–H groups in total. The minimum atomic E-state index is -2.79. The van der Waals surface area contributed by atoms with Crippen molar-refractivity contribution in [1.29, 1.82) is 0 Å². The molecule has 1 unspecified atom stereocenters. The van der Waals surface area contributed by atoms with Gasteiger partial charge in [-0.05, 0) is 37.1 Å². The summed E-state index contributed by atoms with van der Waals surface area (Å²) >= 11 is 0. The van der Waals surface area contributed by atoms with Crippen molar-refractivity contribution in [3.05, 3.63) is 65.7 Å². The van der Waals surface area contributed by atoms with Crippen molar-refractivity contribution >= 4 is 0 Å². The molecule has 21 heavy (non-hydrogen) atoms. The largest absolute Gasteiger partial charge is 0.435 e. The summed E-state index contributed by atoms with van der Waals surface area (Å²) in [6.45, 7) is 1.35. The number of rotatable bonds is 6. The first-order valence-corrected chi connectivity index (χ1v) is 6.92. The van der Waals surface area contributed by atoms with Crippen molar-refractivity contribution in [3.8, 4) is 5.75 Å². The summed E-state index contributed by atoms with van der Waals surface area (Å²) in [4.78, 5) is 0. The Morgan fingerprint density at radius 3 is 1.86 bits per heavy atom. The van der Waals surface area contributed by atoms with E-state index in [9.17, 15) is 8.78 Å². The predicted octanol–water partition coefficient (Wildman–Crippen LogP) is 4.70. The number of halogens is 2. The molecule has 0 spiro atoms. The SMILES string of the molecule is CC(N[C@@H](C)c1ccccc1)c1ccc(OC(F)F)cc1. The molecule has 112 valence electrons. The van der Waals surface area contributed by atoms with Crippen LogP contribution in [0.4, 0.5) is 8.78 Å². The van der Waals surface area contributed by atoms with Crippen molar-refractivity contribution in [2.24, 2.45) is 0 Å². The molecule has 0 bridgehead atoms. The summed E-state index contributed by atoms with van der Waals surface area (Å²) in [7, 11) is 0. The van der Waals surface area contributed by atoms with Crippen LogP contribution in [0.1, 0.15) is 37.1 Å². The molecule has 4 heteroatoms. The second-order valence-electron chi connectivity index (χ2n) is 4.97. The van der Waals surface area contributed by atoms with E-state index >= 15 is 0 Å². The fourth-order valence-corrected chi connectivity index (χ4v) is 2.25. The molecule has 2 nitrogen and oxygen atoms in total. The van der Waals surface area contributed by atoms with Gasteiger partial charge in [0.2, 0.25) is 0 Å². The van der Waals surface area contributed by atoms with Gasteiger partial charge in [0.15, 0.2) is 0 Å². The van der Waals surface area contributed by atoms with E-state index in [1.54, 1.807) is 24.3 Å². The van der Waals surface area contributed by atoms with Crippen LogP contribution in [-0.4, -0.2) is 6.61 Å². The van der Waals surface area contributed by atoms with Crippen LogP contribution in [0.5, 0.6) is 5.75 Å². The van der Waals surface area contributed by atoms with E-state index in [-0.39, 0.29) is 17.8 Å². The van der Waals surface area contributed by atoms with E-state index < -0.39 is 6.61 Å². The zero-order valence-electron chi connectivity index (χ0n) is 12.1. The Morgan fingerprint density at radius 1 is 0.810 bits per heavy atom. The number of benzene rings is 2. The first-order chi connectivity index (χ1) is 10.1. The zero-order chi connectivity index (χ0) is 15.2. The maximum atomic E-state index is 12.1. The molecule has 0 aliphatic rings. The number of ether oxygens (including phenoxy) is 1. The van der Waals surface area contributed by atoms with E-state index in [1.165, 1.54) is 5.56 Å². The highest BCUT2D eigenvalue weighted by Gasteiger charge is 2.11. The zero-order valence-corrected chi connectivity index (χ0v) is 12.1. The number of hydrogen-bond acceptors (Lipinski definition) is 2. The Balaban J connectivity index is 1.98. The van der Waals surface area contributed by atoms with Crippen LogP contribution in [0.25, 0.3) is 0 Å². The summed E-state index contributed by atoms with van der Waals surface area (Å²) in [6.07, 6.45) is 0. The number of hydrogen-bond donors (Lipinski definition) is 1. The molecule has 2 aromatic carbocycles. The molecule has 0 aliphatic carbocycles. The lowest BCUT2D eigenvalue weighted by Crippen LogP contribution is -2.22. The van der Waals surface area contributed by atoms with Gasteiger partial charge in [0.1, 0.15) is 5.75 Å². The van der Waals surface area contributed by atoms with Gasteiger partial charge in [-0.25, -0.2) is 0 Å². The van der Waals surface area contributed by atoms with Crippen molar-refractivity contribution < 1.29 is 13.5 Å². The lowest BCUT2D eigenvalue weighted by atomic mass is 10.0. The van der Waals surface area contributed by atoms with E-state index in [0.29, 0.717) is 0 Å². The topological polar surface area (TPSA) is 21.3 Å². The number of alkyl halides is 2. The third-order valence-corrected chi connectivity index (χ3v) is 3.40. The standard InChI is InChI=1S/C17H19F2NO/c1-12(14-6-4-3-5-7-14)20-13(2)15-8-10-16(11-9-15)21-17(18)19/h3-13,17,20H,1-2H3/t12-,13?/m0/s1. The first-order valence-electron chi connectivity index (χ1n) is 6.92. The summed E-state index contributed by atoms with van der Waals surface area (Å²) in [5.41, 5.74) is 2.24. The number of nitrogens with one attached hydrogen (secondary N) is 1.